The minimum Gasteiger partial charge on any atom is -0.215 e. The highest BCUT2D eigenvalue weighted by molar-refractivity contribution is 6.00. The third-order valence-electron chi connectivity index (χ3n) is 1.58. The van der Waals surface area contributed by atoms with Gasteiger partial charge in [0.05, 0.1) is 6.42 Å². The van der Waals surface area contributed by atoms with Crippen molar-refractivity contribution in [2.75, 3.05) is 0 Å². The second kappa shape index (κ2) is 1.66. The number of ketones is 1. The molecule has 1 nitrogen and oxygen atoms in total. The summed E-state index contributed by atoms with van der Waals surface area (Å²) < 4.78 is 0. The third kappa shape index (κ3) is 0.641. The van der Waals surface area contributed by atoms with Gasteiger partial charge in [0.15, 0.2) is 5.57 Å². The molecule has 1 aliphatic carbocycles. The summed E-state index contributed by atoms with van der Waals surface area (Å²) in [6.45, 7) is 5.60. The number of carbonyl (C=O) groups excluding carboxylic acids is 1. The van der Waals surface area contributed by atoms with Gasteiger partial charge >= 0.3 is 0 Å². The lowest BCUT2D eigenvalue weighted by Gasteiger charge is -1.86. The lowest BCUT2D eigenvalue weighted by Crippen LogP contribution is -1.91. The van der Waals surface area contributed by atoms with Gasteiger partial charge in [-0.2, -0.15) is 0 Å². The molecule has 0 aliphatic heterocycles. The molecule has 0 heterocycles. The molecule has 1 fully saturated rings. The summed E-state index contributed by atoms with van der Waals surface area (Å²) in [4.78, 5) is 10.7. The van der Waals surface area contributed by atoms with Crippen molar-refractivity contribution >= 4 is 5.78 Å². The van der Waals surface area contributed by atoms with E-state index >= 15 is 0 Å². The average molecular weight is 109 g/mol. The van der Waals surface area contributed by atoms with E-state index in [1.165, 1.54) is 0 Å². The Labute approximate surface area is 49.4 Å². The number of hydrogen-bond acceptors (Lipinski definition) is 1. The highest BCUT2D eigenvalue weighted by Gasteiger charge is 2.31. The summed E-state index contributed by atoms with van der Waals surface area (Å²) in [7, 11) is 0. The fraction of sp³-hybridized carbons (Fsp3) is 0.429. The second-order valence-corrected chi connectivity index (χ2v) is 2.18. The Kier molecular flexibility index (Phi) is 1.12. The molecule has 42 valence electrons. The van der Waals surface area contributed by atoms with Crippen molar-refractivity contribution in [1.29, 1.82) is 0 Å². The highest BCUT2D eigenvalue weighted by atomic mass is 16.1. The fourth-order valence-electron chi connectivity index (χ4n) is 0.841. The molecule has 1 rings (SSSR count). The van der Waals surface area contributed by atoms with Crippen LogP contribution in [-0.2, 0) is 4.79 Å². The van der Waals surface area contributed by atoms with Crippen LogP contribution in [0.3, 0.4) is 0 Å². The maximum Gasteiger partial charge on any atom is 0.269 e. The molecule has 0 amide bonds. The number of carbonyl (C=O) groups is 1. The van der Waals surface area contributed by atoms with Gasteiger partial charge in [-0.05, 0) is 0 Å². The number of rotatable bonds is 0. The molecule has 1 aliphatic rings. The van der Waals surface area contributed by atoms with E-state index in [0.29, 0.717) is 6.42 Å². The average Bonchev–Trinajstić information content (AvgIpc) is 1.98. The number of hydrogen-bond donors (Lipinski definition) is 0. The third-order valence-corrected chi connectivity index (χ3v) is 1.58. The molecule has 0 aromatic carbocycles. The van der Waals surface area contributed by atoms with Gasteiger partial charge in [-0.25, -0.2) is 4.79 Å². The number of Topliss-reactive ketones (excluding diaryl/α,β-unsaturated/α-hetero) is 1. The lowest BCUT2D eigenvalue weighted by molar-refractivity contribution is -0.114. The summed E-state index contributed by atoms with van der Waals surface area (Å²) >= 11 is 0. The summed E-state index contributed by atoms with van der Waals surface area (Å²) in [5.41, 5.74) is 0.741. The van der Waals surface area contributed by atoms with Crippen molar-refractivity contribution < 1.29 is 4.79 Å². The van der Waals surface area contributed by atoms with Crippen LogP contribution in [0.4, 0.5) is 0 Å². The summed E-state index contributed by atoms with van der Waals surface area (Å²) in [5, 5.41) is 0. The molecule has 0 aromatic heterocycles. The molecule has 0 N–H and O–H groups in total. The molecule has 0 bridgehead atoms. The molecular weight excluding hydrogens is 100 g/mol. The SMILES string of the molecule is C=C1C(=O)CC[C+]1C. The Balaban J connectivity index is 2.71. The molecule has 1 heteroatoms. The van der Waals surface area contributed by atoms with E-state index < -0.39 is 0 Å². The van der Waals surface area contributed by atoms with E-state index in [4.69, 9.17) is 0 Å². The monoisotopic (exact) mass is 109 g/mol. The van der Waals surface area contributed by atoms with Gasteiger partial charge in [0.2, 0.25) is 0 Å². The summed E-state index contributed by atoms with van der Waals surface area (Å²) in [6, 6.07) is 0. The lowest BCUT2D eigenvalue weighted by atomic mass is 10.1. The normalized spacial score (nSPS) is 20.4. The standard InChI is InChI=1S/C7H9O/c1-5-3-4-7(8)6(5)2/h2-4H2,1H3/q+1. The maximum absolute atomic E-state index is 10.7. The molecule has 1 saturated carbocycles. The van der Waals surface area contributed by atoms with Crippen LogP contribution in [0.15, 0.2) is 12.2 Å². The summed E-state index contributed by atoms with van der Waals surface area (Å²) in [6.07, 6.45) is 1.61. The second-order valence-electron chi connectivity index (χ2n) is 2.18. The van der Waals surface area contributed by atoms with E-state index in [9.17, 15) is 4.79 Å². The van der Waals surface area contributed by atoms with Gasteiger partial charge in [0.25, 0.3) is 5.78 Å². The minimum absolute atomic E-state index is 0.225. The van der Waals surface area contributed by atoms with E-state index in [1.807, 2.05) is 6.92 Å². The Morgan fingerprint density at radius 1 is 1.75 bits per heavy atom. The Bertz CT molecular complexity index is 135. The zero-order valence-corrected chi connectivity index (χ0v) is 5.03. The van der Waals surface area contributed by atoms with Crippen LogP contribution in [-0.4, -0.2) is 5.78 Å². The molecule has 0 spiro atoms. The largest absolute Gasteiger partial charge is 0.269 e. The van der Waals surface area contributed by atoms with Crippen LogP contribution in [0.2, 0.25) is 0 Å². The zero-order chi connectivity index (χ0) is 6.15. The van der Waals surface area contributed by atoms with Crippen LogP contribution in [0.5, 0.6) is 0 Å². The van der Waals surface area contributed by atoms with Crippen LogP contribution >= 0.6 is 0 Å². The van der Waals surface area contributed by atoms with Gasteiger partial charge in [0.1, 0.15) is 0 Å². The van der Waals surface area contributed by atoms with E-state index in [1.54, 1.807) is 0 Å². The van der Waals surface area contributed by atoms with E-state index in [0.717, 1.165) is 17.9 Å². The fourth-order valence-corrected chi connectivity index (χ4v) is 0.841. The van der Waals surface area contributed by atoms with E-state index in [-0.39, 0.29) is 5.78 Å². The van der Waals surface area contributed by atoms with Gasteiger partial charge < -0.3 is 0 Å². The van der Waals surface area contributed by atoms with Gasteiger partial charge in [0, 0.05) is 25.8 Å². The molecule has 8 heavy (non-hydrogen) atoms. The van der Waals surface area contributed by atoms with Crippen molar-refractivity contribution in [3.8, 4) is 0 Å². The Morgan fingerprint density at radius 3 is 2.50 bits per heavy atom. The van der Waals surface area contributed by atoms with E-state index in [2.05, 4.69) is 6.58 Å². The van der Waals surface area contributed by atoms with Crippen LogP contribution in [0, 0.1) is 5.92 Å². The Hall–Kier alpha value is -0.720. The van der Waals surface area contributed by atoms with Gasteiger partial charge in [-0.1, -0.05) is 0 Å². The highest BCUT2D eigenvalue weighted by Crippen LogP contribution is 2.27. The van der Waals surface area contributed by atoms with Crippen LogP contribution < -0.4 is 0 Å². The molecular formula is C7H9O+. The molecule has 0 atom stereocenters. The molecule has 0 saturated heterocycles. The molecule has 0 unspecified atom stereocenters. The smallest absolute Gasteiger partial charge is 0.215 e. The van der Waals surface area contributed by atoms with Crippen molar-refractivity contribution in [2.24, 2.45) is 0 Å². The summed E-state index contributed by atoms with van der Waals surface area (Å²) in [5.74, 6) is 1.39. The predicted octanol–water partition coefficient (Wildman–Crippen LogP) is 1.50. The van der Waals surface area contributed by atoms with Crippen molar-refractivity contribution in [1.82, 2.24) is 0 Å². The topological polar surface area (TPSA) is 17.1 Å². The van der Waals surface area contributed by atoms with Crippen LogP contribution in [0.25, 0.3) is 0 Å². The predicted molar refractivity (Wildman–Crippen MR) is 32.3 cm³/mol. The van der Waals surface area contributed by atoms with Crippen LogP contribution in [0.1, 0.15) is 19.8 Å². The first-order valence-corrected chi connectivity index (χ1v) is 2.76. The maximum atomic E-state index is 10.7. The molecule has 0 aromatic rings. The van der Waals surface area contributed by atoms with Crippen molar-refractivity contribution in [3.05, 3.63) is 18.1 Å². The van der Waals surface area contributed by atoms with Crippen molar-refractivity contribution in [3.63, 3.8) is 0 Å². The van der Waals surface area contributed by atoms with Gasteiger partial charge in [-0.3, -0.25) is 0 Å². The molecule has 0 radical (unpaired) electrons. The van der Waals surface area contributed by atoms with Crippen molar-refractivity contribution in [2.45, 2.75) is 19.8 Å². The number of allylic oxidation sites excluding steroid dienone is 1. The Morgan fingerprint density at radius 2 is 2.38 bits per heavy atom. The minimum atomic E-state index is 0.225. The first-order valence-electron chi connectivity index (χ1n) is 2.76. The quantitative estimate of drug-likeness (QED) is 0.340. The van der Waals surface area contributed by atoms with Gasteiger partial charge in [-0.15, -0.1) is 0 Å². The first kappa shape index (κ1) is 5.42. The first-order chi connectivity index (χ1) is 3.72. The zero-order valence-electron chi connectivity index (χ0n) is 5.03.